The summed E-state index contributed by atoms with van der Waals surface area (Å²) in [5, 5.41) is 11.7. The average Bonchev–Trinajstić information content (AvgIpc) is 2.53. The smallest absolute Gasteiger partial charge is 0.324 e. The van der Waals surface area contributed by atoms with Gasteiger partial charge in [-0.3, -0.25) is 4.79 Å². The van der Waals surface area contributed by atoms with E-state index in [1.54, 1.807) is 18.2 Å². The van der Waals surface area contributed by atoms with E-state index in [2.05, 4.69) is 32.9 Å². The Morgan fingerprint density at radius 3 is 2.68 bits per heavy atom. The molecule has 0 bridgehead atoms. The monoisotopic (exact) mass is 477 g/mol. The number of anilines is 1. The molecule has 9 heteroatoms. The van der Waals surface area contributed by atoms with Crippen LogP contribution in [-0.4, -0.2) is 16.6 Å². The number of carbonyl (C=O) groups excluding carboxylic acids is 1. The summed E-state index contributed by atoms with van der Waals surface area (Å²) in [5.74, 6) is -0.553. The molecule has 0 aliphatic carbocycles. The molecule has 1 amide bonds. The molecule has 0 saturated carbocycles. The third-order valence-electron chi connectivity index (χ3n) is 3.02. The highest BCUT2D eigenvalue weighted by molar-refractivity contribution is 14.1. The molecule has 2 rings (SSSR count). The number of alkyl halides is 3. The van der Waals surface area contributed by atoms with Crippen LogP contribution in [0.25, 0.3) is 0 Å². The number of para-hydroxylation sites is 1. The summed E-state index contributed by atoms with van der Waals surface area (Å²) in [5.41, 5.74) is -0.859. The Kier molecular flexibility index (Phi) is 6.29. The van der Waals surface area contributed by atoms with E-state index in [-0.39, 0.29) is 16.5 Å². The Bertz CT molecular complexity index is 849. The first kappa shape index (κ1) is 19.5. The molecule has 0 saturated heterocycles. The van der Waals surface area contributed by atoms with Gasteiger partial charge in [0, 0.05) is 9.26 Å². The van der Waals surface area contributed by atoms with Crippen LogP contribution in [-0.2, 0) is 11.0 Å². The molecule has 0 fully saturated rings. The normalized spacial score (nSPS) is 11.0. The number of thioether (sulfide) groups is 1. The molecule has 1 aromatic carbocycles. The van der Waals surface area contributed by atoms with E-state index in [0.29, 0.717) is 5.69 Å². The van der Waals surface area contributed by atoms with Gasteiger partial charge < -0.3 is 5.32 Å². The zero-order valence-electron chi connectivity index (χ0n) is 12.8. The number of nitriles is 1. The lowest BCUT2D eigenvalue weighted by Crippen LogP contribution is -2.16. The van der Waals surface area contributed by atoms with Gasteiger partial charge in [0.1, 0.15) is 11.1 Å². The molecule has 1 aromatic heterocycles. The number of hydrogen-bond donors (Lipinski definition) is 1. The predicted octanol–water partition coefficient (Wildman–Crippen LogP) is 4.62. The van der Waals surface area contributed by atoms with Gasteiger partial charge in [0.25, 0.3) is 0 Å². The van der Waals surface area contributed by atoms with Crippen LogP contribution >= 0.6 is 34.4 Å². The van der Waals surface area contributed by atoms with Gasteiger partial charge in [0.2, 0.25) is 5.91 Å². The molecule has 2 aromatic rings. The van der Waals surface area contributed by atoms with Crippen molar-refractivity contribution in [3.05, 3.63) is 50.7 Å². The third-order valence-corrected chi connectivity index (χ3v) is 4.94. The van der Waals surface area contributed by atoms with Crippen LogP contribution in [0.2, 0.25) is 0 Å². The number of pyridine rings is 1. The molecule has 1 N–H and O–H groups in total. The van der Waals surface area contributed by atoms with Crippen LogP contribution in [0.5, 0.6) is 0 Å². The second-order valence-electron chi connectivity index (χ2n) is 4.92. The molecule has 0 spiro atoms. The number of nitrogens with one attached hydrogen (secondary N) is 1. The van der Waals surface area contributed by atoms with Crippen molar-refractivity contribution in [2.45, 2.75) is 18.1 Å². The van der Waals surface area contributed by atoms with E-state index < -0.39 is 23.2 Å². The Morgan fingerprint density at radius 2 is 2.08 bits per heavy atom. The first-order valence-corrected chi connectivity index (χ1v) is 8.95. The number of aryl methyl sites for hydroxylation is 1. The topological polar surface area (TPSA) is 65.8 Å². The lowest BCUT2D eigenvalue weighted by Gasteiger charge is -2.13. The molecular weight excluding hydrogens is 466 g/mol. The summed E-state index contributed by atoms with van der Waals surface area (Å²) < 4.78 is 40.0. The van der Waals surface area contributed by atoms with E-state index in [1.165, 1.54) is 6.92 Å². The highest BCUT2D eigenvalue weighted by Gasteiger charge is 2.35. The average molecular weight is 477 g/mol. The van der Waals surface area contributed by atoms with E-state index >= 15 is 0 Å². The van der Waals surface area contributed by atoms with Crippen LogP contribution in [0.4, 0.5) is 18.9 Å². The Balaban J connectivity index is 2.18. The molecule has 4 nitrogen and oxygen atoms in total. The summed E-state index contributed by atoms with van der Waals surface area (Å²) in [6.07, 6.45) is -4.66. The van der Waals surface area contributed by atoms with Crippen molar-refractivity contribution < 1.29 is 18.0 Å². The number of benzene rings is 1. The summed E-state index contributed by atoms with van der Waals surface area (Å²) >= 11 is 2.86. The van der Waals surface area contributed by atoms with Gasteiger partial charge in [-0.25, -0.2) is 4.98 Å². The number of halogens is 4. The maximum Gasteiger partial charge on any atom is 0.417 e. The van der Waals surface area contributed by atoms with Crippen molar-refractivity contribution in [1.82, 2.24) is 4.98 Å². The predicted molar refractivity (Wildman–Crippen MR) is 97.2 cm³/mol. The third kappa shape index (κ3) is 5.09. The van der Waals surface area contributed by atoms with Crippen molar-refractivity contribution in [3.63, 3.8) is 0 Å². The van der Waals surface area contributed by atoms with Crippen molar-refractivity contribution >= 4 is 45.9 Å². The van der Waals surface area contributed by atoms with E-state index in [0.717, 1.165) is 21.4 Å². The minimum absolute atomic E-state index is 0.104. The van der Waals surface area contributed by atoms with Gasteiger partial charge in [-0.1, -0.05) is 23.9 Å². The van der Waals surface area contributed by atoms with E-state index in [1.807, 2.05) is 12.1 Å². The quantitative estimate of drug-likeness (QED) is 0.516. The van der Waals surface area contributed by atoms with Crippen LogP contribution < -0.4 is 5.32 Å². The number of aromatic nitrogens is 1. The van der Waals surface area contributed by atoms with Gasteiger partial charge in [-0.15, -0.1) is 0 Å². The first-order chi connectivity index (χ1) is 11.7. The lowest BCUT2D eigenvalue weighted by molar-refractivity contribution is -0.138. The highest BCUT2D eigenvalue weighted by atomic mass is 127. The van der Waals surface area contributed by atoms with E-state index in [9.17, 15) is 18.0 Å². The molecule has 0 unspecified atom stereocenters. The number of hydrogen-bond acceptors (Lipinski definition) is 4. The largest absolute Gasteiger partial charge is 0.417 e. The zero-order chi connectivity index (χ0) is 18.6. The molecule has 0 aliphatic heterocycles. The van der Waals surface area contributed by atoms with Gasteiger partial charge in [0.05, 0.1) is 22.6 Å². The summed E-state index contributed by atoms with van der Waals surface area (Å²) in [6.45, 7) is 1.41. The lowest BCUT2D eigenvalue weighted by atomic mass is 10.1. The van der Waals surface area contributed by atoms with E-state index in [4.69, 9.17) is 5.26 Å². The maximum atomic E-state index is 13.1. The Hall–Kier alpha value is -1.80. The molecule has 25 heavy (non-hydrogen) atoms. The molecule has 0 aliphatic rings. The fraction of sp³-hybridized carbons (Fsp3) is 0.188. The van der Waals surface area contributed by atoms with Crippen molar-refractivity contribution in [1.29, 1.82) is 5.26 Å². The fourth-order valence-electron chi connectivity index (χ4n) is 1.96. The minimum Gasteiger partial charge on any atom is -0.324 e. The number of amides is 1. The van der Waals surface area contributed by atoms with Crippen LogP contribution in [0.15, 0.2) is 35.4 Å². The van der Waals surface area contributed by atoms with Crippen LogP contribution in [0, 0.1) is 21.8 Å². The van der Waals surface area contributed by atoms with Crippen LogP contribution in [0.1, 0.15) is 16.8 Å². The SMILES string of the molecule is Cc1cc(C(F)(F)F)c(C#N)c(SCC(=O)Nc2ccccc2I)n1. The van der Waals surface area contributed by atoms with Crippen LogP contribution in [0.3, 0.4) is 0 Å². The number of carbonyl (C=O) groups is 1. The van der Waals surface area contributed by atoms with Crippen molar-refractivity contribution in [2.24, 2.45) is 0 Å². The van der Waals surface area contributed by atoms with Gasteiger partial charge in [-0.2, -0.15) is 18.4 Å². The zero-order valence-corrected chi connectivity index (χ0v) is 15.8. The summed E-state index contributed by atoms with van der Waals surface area (Å²) in [6, 6.07) is 9.49. The summed E-state index contributed by atoms with van der Waals surface area (Å²) in [4.78, 5) is 16.0. The standard InChI is InChI=1S/C16H11F3IN3OS/c1-9-6-11(16(17,18)19)10(7-21)15(22-9)25-8-14(24)23-13-5-3-2-4-12(13)20/h2-6H,8H2,1H3,(H,23,24). The highest BCUT2D eigenvalue weighted by Crippen LogP contribution is 2.35. The Labute approximate surface area is 160 Å². The molecule has 0 radical (unpaired) electrons. The fourth-order valence-corrected chi connectivity index (χ4v) is 3.33. The molecular formula is C16H11F3IN3OS. The number of nitrogens with zero attached hydrogens (tertiary/aromatic N) is 2. The van der Waals surface area contributed by atoms with Gasteiger partial charge >= 0.3 is 6.18 Å². The molecule has 0 atom stereocenters. The second kappa shape index (κ2) is 8.05. The molecule has 1 heterocycles. The minimum atomic E-state index is -4.66. The first-order valence-electron chi connectivity index (χ1n) is 6.88. The maximum absolute atomic E-state index is 13.1. The summed E-state index contributed by atoms with van der Waals surface area (Å²) in [7, 11) is 0. The van der Waals surface area contributed by atoms with Crippen molar-refractivity contribution in [2.75, 3.05) is 11.1 Å². The Morgan fingerprint density at radius 1 is 1.40 bits per heavy atom. The van der Waals surface area contributed by atoms with Gasteiger partial charge in [-0.05, 0) is 47.7 Å². The number of rotatable bonds is 4. The van der Waals surface area contributed by atoms with Gasteiger partial charge in [0.15, 0.2) is 0 Å². The van der Waals surface area contributed by atoms with Crippen molar-refractivity contribution in [3.8, 4) is 6.07 Å². The molecule has 130 valence electrons. The second-order valence-corrected chi connectivity index (χ2v) is 7.04.